The Morgan fingerprint density at radius 3 is 2.73 bits per heavy atom. The molecule has 0 bridgehead atoms. The number of aliphatic hydroxyl groups excluding tert-OH is 1. The number of benzene rings is 1. The van der Waals surface area contributed by atoms with Crippen LogP contribution in [0.15, 0.2) is 35.5 Å². The van der Waals surface area contributed by atoms with Crippen molar-refractivity contribution in [1.29, 1.82) is 0 Å². The lowest BCUT2D eigenvalue weighted by molar-refractivity contribution is -0.195. The van der Waals surface area contributed by atoms with Crippen molar-refractivity contribution in [1.82, 2.24) is 14.6 Å². The van der Waals surface area contributed by atoms with E-state index in [-0.39, 0.29) is 0 Å². The summed E-state index contributed by atoms with van der Waals surface area (Å²) in [5.41, 5.74) is 2.41. The number of aliphatic hydroxyl groups is 1. The predicted octanol–water partition coefficient (Wildman–Crippen LogP) is 3.21. The highest BCUT2D eigenvalue weighted by molar-refractivity contribution is 7.99. The molecule has 0 aliphatic heterocycles. The maximum atomic E-state index is 12.4. The molecule has 2 heterocycles. The van der Waals surface area contributed by atoms with E-state index >= 15 is 0 Å². The molecule has 116 valence electrons. The zero-order valence-electron chi connectivity index (χ0n) is 11.5. The Morgan fingerprint density at radius 1 is 1.27 bits per heavy atom. The summed E-state index contributed by atoms with van der Waals surface area (Å²) in [6.07, 6.45) is -7.02. The molecule has 1 atom stereocenters. The largest absolute Gasteiger partial charge is 0.415 e. The summed E-state index contributed by atoms with van der Waals surface area (Å²) in [4.78, 5) is 0. The van der Waals surface area contributed by atoms with Gasteiger partial charge in [0, 0.05) is 11.1 Å². The number of nitrogens with zero attached hydrogens (tertiary/aromatic N) is 3. The van der Waals surface area contributed by atoms with Crippen LogP contribution in [0.3, 0.4) is 0 Å². The topological polar surface area (TPSA) is 50.4 Å². The highest BCUT2D eigenvalue weighted by Crippen LogP contribution is 2.29. The van der Waals surface area contributed by atoms with Crippen LogP contribution in [0.2, 0.25) is 0 Å². The van der Waals surface area contributed by atoms with Crippen molar-refractivity contribution >= 4 is 28.3 Å². The average molecular weight is 327 g/mol. The monoisotopic (exact) mass is 327 g/mol. The summed E-state index contributed by atoms with van der Waals surface area (Å²) in [6, 6.07) is 9.37. The third kappa shape index (κ3) is 2.64. The number of halogens is 3. The number of fused-ring (bicyclic) bond motifs is 3. The van der Waals surface area contributed by atoms with Gasteiger partial charge in [0.1, 0.15) is 0 Å². The third-order valence-corrected chi connectivity index (χ3v) is 4.33. The van der Waals surface area contributed by atoms with Crippen LogP contribution in [0.25, 0.3) is 16.6 Å². The van der Waals surface area contributed by atoms with Crippen LogP contribution in [-0.2, 0) is 0 Å². The van der Waals surface area contributed by atoms with Gasteiger partial charge < -0.3 is 5.11 Å². The standard InChI is InChI=1S/C14H12F3N3OS/c1-8-6-12-18-19-13(22-7-11(21)14(15,16)17)20(12)10-5-3-2-4-9(8)10/h2-6,11,21H,7H2,1H3/t11-/m0/s1. The van der Waals surface area contributed by atoms with Gasteiger partial charge in [0.25, 0.3) is 0 Å². The third-order valence-electron chi connectivity index (χ3n) is 3.32. The summed E-state index contributed by atoms with van der Waals surface area (Å²) in [5.74, 6) is -0.521. The molecule has 1 aromatic carbocycles. The van der Waals surface area contributed by atoms with Gasteiger partial charge in [0.05, 0.1) is 5.52 Å². The number of hydrogen-bond acceptors (Lipinski definition) is 4. The molecule has 3 aromatic rings. The van der Waals surface area contributed by atoms with Gasteiger partial charge in [0.15, 0.2) is 16.9 Å². The molecule has 0 radical (unpaired) electrons. The van der Waals surface area contributed by atoms with Crippen molar-refractivity contribution in [2.45, 2.75) is 24.4 Å². The number of hydrogen-bond donors (Lipinski definition) is 1. The van der Waals surface area contributed by atoms with E-state index < -0.39 is 18.0 Å². The molecule has 1 N–H and O–H groups in total. The van der Waals surface area contributed by atoms with Gasteiger partial charge >= 0.3 is 6.18 Å². The van der Waals surface area contributed by atoms with Gasteiger partial charge in [-0.3, -0.25) is 4.40 Å². The Labute approximate surface area is 128 Å². The summed E-state index contributed by atoms with van der Waals surface area (Å²) in [7, 11) is 0. The molecule has 0 amide bonds. The van der Waals surface area contributed by atoms with Crippen LogP contribution in [0.1, 0.15) is 5.56 Å². The number of aryl methyl sites for hydroxylation is 1. The minimum atomic E-state index is -4.63. The van der Waals surface area contributed by atoms with Crippen LogP contribution in [-0.4, -0.2) is 37.7 Å². The summed E-state index contributed by atoms with van der Waals surface area (Å²) >= 11 is 0.832. The molecule has 0 aliphatic rings. The SMILES string of the molecule is Cc1cc2nnc(SC[C@H](O)C(F)(F)F)n2c2ccccc12. The fraction of sp³-hybridized carbons (Fsp3) is 0.286. The molecule has 8 heteroatoms. The predicted molar refractivity (Wildman–Crippen MR) is 78.0 cm³/mol. The zero-order valence-corrected chi connectivity index (χ0v) is 12.3. The van der Waals surface area contributed by atoms with Gasteiger partial charge in [-0.05, 0) is 24.6 Å². The Bertz CT molecular complexity index is 831. The van der Waals surface area contributed by atoms with Gasteiger partial charge in [-0.1, -0.05) is 30.0 Å². The average Bonchev–Trinajstić information content (AvgIpc) is 2.87. The summed E-state index contributed by atoms with van der Waals surface area (Å²) in [5, 5.41) is 18.4. The zero-order chi connectivity index (χ0) is 15.9. The second kappa shape index (κ2) is 5.44. The molecular formula is C14H12F3N3OS. The van der Waals surface area contributed by atoms with Crippen LogP contribution in [0.4, 0.5) is 13.2 Å². The molecule has 4 nitrogen and oxygen atoms in total. The van der Waals surface area contributed by atoms with Crippen molar-refractivity contribution in [3.05, 3.63) is 35.9 Å². The lowest BCUT2D eigenvalue weighted by Gasteiger charge is -2.13. The number of alkyl halides is 3. The molecule has 2 aromatic heterocycles. The van der Waals surface area contributed by atoms with E-state index in [4.69, 9.17) is 5.11 Å². The summed E-state index contributed by atoms with van der Waals surface area (Å²) < 4.78 is 38.9. The quantitative estimate of drug-likeness (QED) is 0.751. The first-order chi connectivity index (χ1) is 10.4. The van der Waals surface area contributed by atoms with E-state index in [0.717, 1.165) is 28.2 Å². The normalized spacial score (nSPS) is 13.9. The molecule has 3 rings (SSSR count). The van der Waals surface area contributed by atoms with Gasteiger partial charge in [-0.25, -0.2) is 0 Å². The minimum Gasteiger partial charge on any atom is -0.383 e. The van der Waals surface area contributed by atoms with Crippen molar-refractivity contribution in [2.75, 3.05) is 5.75 Å². The molecule has 0 saturated heterocycles. The van der Waals surface area contributed by atoms with Crippen LogP contribution in [0.5, 0.6) is 0 Å². The lowest BCUT2D eigenvalue weighted by Crippen LogP contribution is -2.30. The van der Waals surface area contributed by atoms with E-state index in [1.807, 2.05) is 37.3 Å². The van der Waals surface area contributed by atoms with E-state index in [2.05, 4.69) is 10.2 Å². The lowest BCUT2D eigenvalue weighted by atomic mass is 10.1. The minimum absolute atomic E-state index is 0.328. The highest BCUT2D eigenvalue weighted by Gasteiger charge is 2.38. The molecule has 0 fully saturated rings. The molecule has 0 aliphatic carbocycles. The fourth-order valence-corrected chi connectivity index (χ4v) is 3.13. The molecule has 22 heavy (non-hydrogen) atoms. The van der Waals surface area contributed by atoms with E-state index in [1.165, 1.54) is 0 Å². The number of rotatable bonds is 3. The maximum Gasteiger partial charge on any atom is 0.415 e. The van der Waals surface area contributed by atoms with Crippen molar-refractivity contribution in [3.63, 3.8) is 0 Å². The highest BCUT2D eigenvalue weighted by atomic mass is 32.2. The Hall–Kier alpha value is -1.80. The van der Waals surface area contributed by atoms with Gasteiger partial charge in [-0.15, -0.1) is 10.2 Å². The number of para-hydroxylation sites is 1. The second-order valence-corrected chi connectivity index (χ2v) is 5.88. The first-order valence-electron chi connectivity index (χ1n) is 6.49. The number of pyridine rings is 1. The van der Waals surface area contributed by atoms with Crippen LogP contribution in [0, 0.1) is 6.92 Å². The van der Waals surface area contributed by atoms with Crippen molar-refractivity contribution in [2.24, 2.45) is 0 Å². The second-order valence-electron chi connectivity index (χ2n) is 4.89. The smallest absolute Gasteiger partial charge is 0.383 e. The van der Waals surface area contributed by atoms with Crippen molar-refractivity contribution in [3.8, 4) is 0 Å². The van der Waals surface area contributed by atoms with Gasteiger partial charge in [0.2, 0.25) is 0 Å². The maximum absolute atomic E-state index is 12.4. The molecule has 0 saturated carbocycles. The fourth-order valence-electron chi connectivity index (χ4n) is 2.22. The van der Waals surface area contributed by atoms with Crippen LogP contribution >= 0.6 is 11.8 Å². The number of aromatic nitrogens is 3. The van der Waals surface area contributed by atoms with E-state index in [1.54, 1.807) is 4.40 Å². The Balaban J connectivity index is 2.03. The number of thioether (sulfide) groups is 1. The van der Waals surface area contributed by atoms with E-state index in [0.29, 0.717) is 10.8 Å². The Morgan fingerprint density at radius 2 is 2.00 bits per heavy atom. The first kappa shape index (κ1) is 15.1. The van der Waals surface area contributed by atoms with Crippen molar-refractivity contribution < 1.29 is 18.3 Å². The first-order valence-corrected chi connectivity index (χ1v) is 7.47. The van der Waals surface area contributed by atoms with E-state index in [9.17, 15) is 13.2 Å². The van der Waals surface area contributed by atoms with Gasteiger partial charge in [-0.2, -0.15) is 13.2 Å². The molecular weight excluding hydrogens is 315 g/mol. The molecule has 0 unspecified atom stereocenters. The van der Waals surface area contributed by atoms with Crippen LogP contribution < -0.4 is 0 Å². The summed E-state index contributed by atoms with van der Waals surface area (Å²) in [6.45, 7) is 1.94. The Kier molecular flexibility index (Phi) is 3.73. The molecule has 0 spiro atoms.